The van der Waals surface area contributed by atoms with Crippen LogP contribution < -0.4 is 15.4 Å². The first-order chi connectivity index (χ1) is 12.8. The molecule has 5 heteroatoms. The van der Waals surface area contributed by atoms with Crippen molar-refractivity contribution in [3.63, 3.8) is 0 Å². The lowest BCUT2D eigenvalue weighted by molar-refractivity contribution is 0.340. The smallest absolute Gasteiger partial charge is 0.229 e. The van der Waals surface area contributed by atoms with Crippen LogP contribution in [0.5, 0.6) is 5.75 Å². The molecule has 0 bridgehead atoms. The van der Waals surface area contributed by atoms with Crippen LogP contribution in [0.2, 0.25) is 0 Å². The summed E-state index contributed by atoms with van der Waals surface area (Å²) in [5.41, 5.74) is 2.28. The summed E-state index contributed by atoms with van der Waals surface area (Å²) in [6.45, 7) is 3.50. The number of rotatable bonds is 9. The van der Waals surface area contributed by atoms with E-state index < -0.39 is 0 Å². The standard InChI is InChI=1S/C21H24N4O/c1-2-26-19-12-10-18(11-13-19)24-21-23-16-14-20(25-21)22-15-6-9-17-7-4-3-5-8-17/h3-5,7-8,10-14,16H,2,6,9,15H2,1H3,(H2,22,23,24,25). The molecule has 3 aromatic rings. The van der Waals surface area contributed by atoms with E-state index in [9.17, 15) is 0 Å². The maximum absolute atomic E-state index is 5.45. The molecule has 0 radical (unpaired) electrons. The number of nitrogens with zero attached hydrogens (tertiary/aromatic N) is 2. The normalized spacial score (nSPS) is 10.3. The number of hydrogen-bond acceptors (Lipinski definition) is 5. The van der Waals surface area contributed by atoms with Crippen LogP contribution in [-0.2, 0) is 6.42 Å². The van der Waals surface area contributed by atoms with E-state index in [1.165, 1.54) is 5.56 Å². The van der Waals surface area contributed by atoms with E-state index in [0.29, 0.717) is 12.6 Å². The summed E-state index contributed by atoms with van der Waals surface area (Å²) in [7, 11) is 0. The molecule has 0 unspecified atom stereocenters. The Morgan fingerprint density at radius 1 is 0.962 bits per heavy atom. The van der Waals surface area contributed by atoms with Gasteiger partial charge in [-0.3, -0.25) is 0 Å². The Morgan fingerprint density at radius 2 is 1.77 bits per heavy atom. The maximum Gasteiger partial charge on any atom is 0.229 e. The van der Waals surface area contributed by atoms with E-state index in [1.54, 1.807) is 6.20 Å². The zero-order valence-electron chi connectivity index (χ0n) is 15.0. The highest BCUT2D eigenvalue weighted by Crippen LogP contribution is 2.18. The molecule has 2 N–H and O–H groups in total. The zero-order chi connectivity index (χ0) is 18.0. The van der Waals surface area contributed by atoms with E-state index in [0.717, 1.165) is 36.6 Å². The topological polar surface area (TPSA) is 59.1 Å². The summed E-state index contributed by atoms with van der Waals surface area (Å²) >= 11 is 0. The van der Waals surface area contributed by atoms with Gasteiger partial charge in [0.1, 0.15) is 11.6 Å². The van der Waals surface area contributed by atoms with Crippen molar-refractivity contribution in [1.29, 1.82) is 0 Å². The molecule has 0 aliphatic carbocycles. The van der Waals surface area contributed by atoms with Gasteiger partial charge >= 0.3 is 0 Å². The molecule has 0 atom stereocenters. The van der Waals surface area contributed by atoms with Gasteiger partial charge in [-0.05, 0) is 55.7 Å². The lowest BCUT2D eigenvalue weighted by Crippen LogP contribution is -2.06. The maximum atomic E-state index is 5.45. The second-order valence-corrected chi connectivity index (χ2v) is 5.86. The molecule has 134 valence electrons. The zero-order valence-corrected chi connectivity index (χ0v) is 15.0. The van der Waals surface area contributed by atoms with Gasteiger partial charge in [-0.25, -0.2) is 4.98 Å². The van der Waals surface area contributed by atoms with E-state index in [1.807, 2.05) is 43.3 Å². The number of anilines is 3. The second-order valence-electron chi connectivity index (χ2n) is 5.86. The highest BCUT2D eigenvalue weighted by Gasteiger charge is 2.01. The Kier molecular flexibility index (Phi) is 6.42. The third kappa shape index (κ3) is 5.48. The van der Waals surface area contributed by atoms with Crippen molar-refractivity contribution in [3.8, 4) is 5.75 Å². The van der Waals surface area contributed by atoms with E-state index in [-0.39, 0.29) is 0 Å². The molecular formula is C21H24N4O. The first kappa shape index (κ1) is 17.7. The van der Waals surface area contributed by atoms with Gasteiger partial charge in [-0.2, -0.15) is 4.98 Å². The minimum atomic E-state index is 0.571. The van der Waals surface area contributed by atoms with Gasteiger partial charge in [0.05, 0.1) is 6.61 Å². The predicted octanol–water partition coefficient (Wildman–Crippen LogP) is 4.66. The van der Waals surface area contributed by atoms with Crippen LogP contribution in [0.25, 0.3) is 0 Å². The predicted molar refractivity (Wildman–Crippen MR) is 106 cm³/mol. The van der Waals surface area contributed by atoms with Crippen LogP contribution in [0.15, 0.2) is 66.9 Å². The van der Waals surface area contributed by atoms with Gasteiger partial charge in [-0.15, -0.1) is 0 Å². The third-order valence-corrected chi connectivity index (χ3v) is 3.87. The van der Waals surface area contributed by atoms with E-state index in [2.05, 4.69) is 44.9 Å². The number of aryl methyl sites for hydroxylation is 1. The van der Waals surface area contributed by atoms with Gasteiger partial charge in [0.25, 0.3) is 0 Å². The fourth-order valence-corrected chi connectivity index (χ4v) is 2.60. The molecule has 0 spiro atoms. The lowest BCUT2D eigenvalue weighted by atomic mass is 10.1. The average molecular weight is 348 g/mol. The van der Waals surface area contributed by atoms with Crippen molar-refractivity contribution < 1.29 is 4.74 Å². The quantitative estimate of drug-likeness (QED) is 0.551. The van der Waals surface area contributed by atoms with Crippen LogP contribution in [0.4, 0.5) is 17.5 Å². The minimum absolute atomic E-state index is 0.571. The van der Waals surface area contributed by atoms with Crippen molar-refractivity contribution in [2.45, 2.75) is 19.8 Å². The van der Waals surface area contributed by atoms with Gasteiger partial charge < -0.3 is 15.4 Å². The number of ether oxygens (including phenoxy) is 1. The Labute approximate surface area is 154 Å². The molecule has 5 nitrogen and oxygen atoms in total. The summed E-state index contributed by atoms with van der Waals surface area (Å²) in [5.74, 6) is 2.25. The molecular weight excluding hydrogens is 324 g/mol. The molecule has 3 rings (SSSR count). The van der Waals surface area contributed by atoms with Crippen LogP contribution in [0.3, 0.4) is 0 Å². The van der Waals surface area contributed by atoms with Crippen molar-refractivity contribution in [2.24, 2.45) is 0 Å². The highest BCUT2D eigenvalue weighted by molar-refractivity contribution is 5.55. The fraction of sp³-hybridized carbons (Fsp3) is 0.238. The molecule has 1 heterocycles. The van der Waals surface area contributed by atoms with Gasteiger partial charge in [0.15, 0.2) is 0 Å². The molecule has 0 saturated heterocycles. The van der Waals surface area contributed by atoms with Crippen molar-refractivity contribution >= 4 is 17.5 Å². The van der Waals surface area contributed by atoms with Gasteiger partial charge in [0, 0.05) is 18.4 Å². The van der Waals surface area contributed by atoms with Crippen LogP contribution >= 0.6 is 0 Å². The first-order valence-corrected chi connectivity index (χ1v) is 8.94. The van der Waals surface area contributed by atoms with Crippen LogP contribution in [0.1, 0.15) is 18.9 Å². The van der Waals surface area contributed by atoms with Crippen molar-refractivity contribution in [3.05, 3.63) is 72.4 Å². The van der Waals surface area contributed by atoms with Gasteiger partial charge in [0.2, 0.25) is 5.95 Å². The summed E-state index contributed by atoms with van der Waals surface area (Å²) in [5, 5.41) is 6.57. The molecule has 0 amide bonds. The number of benzene rings is 2. The summed E-state index contributed by atoms with van der Waals surface area (Å²) in [4.78, 5) is 8.78. The number of hydrogen-bond donors (Lipinski definition) is 2. The molecule has 1 aromatic heterocycles. The van der Waals surface area contributed by atoms with E-state index >= 15 is 0 Å². The third-order valence-electron chi connectivity index (χ3n) is 3.87. The van der Waals surface area contributed by atoms with Crippen molar-refractivity contribution in [2.75, 3.05) is 23.8 Å². The van der Waals surface area contributed by atoms with E-state index in [4.69, 9.17) is 4.74 Å². The molecule has 0 aliphatic rings. The summed E-state index contributed by atoms with van der Waals surface area (Å²) in [6, 6.07) is 20.1. The Balaban J connectivity index is 1.49. The lowest BCUT2D eigenvalue weighted by Gasteiger charge is -2.09. The number of nitrogens with one attached hydrogen (secondary N) is 2. The minimum Gasteiger partial charge on any atom is -0.494 e. The Hall–Kier alpha value is -3.08. The van der Waals surface area contributed by atoms with Crippen LogP contribution in [0, 0.1) is 0 Å². The monoisotopic (exact) mass is 348 g/mol. The molecule has 0 saturated carbocycles. The molecule has 0 fully saturated rings. The second kappa shape index (κ2) is 9.42. The van der Waals surface area contributed by atoms with Crippen LogP contribution in [-0.4, -0.2) is 23.1 Å². The highest BCUT2D eigenvalue weighted by atomic mass is 16.5. The average Bonchev–Trinajstić information content (AvgIpc) is 2.68. The SMILES string of the molecule is CCOc1ccc(Nc2nccc(NCCCc3ccccc3)n2)cc1. The molecule has 26 heavy (non-hydrogen) atoms. The largest absolute Gasteiger partial charge is 0.494 e. The first-order valence-electron chi connectivity index (χ1n) is 8.94. The Bertz CT molecular complexity index is 791. The molecule has 0 aliphatic heterocycles. The molecule has 2 aromatic carbocycles. The Morgan fingerprint density at radius 3 is 2.54 bits per heavy atom. The number of aromatic nitrogens is 2. The summed E-state index contributed by atoms with van der Waals surface area (Å²) < 4.78 is 5.45. The fourth-order valence-electron chi connectivity index (χ4n) is 2.60. The summed E-state index contributed by atoms with van der Waals surface area (Å²) in [6.07, 6.45) is 3.86. The van der Waals surface area contributed by atoms with Crippen molar-refractivity contribution in [1.82, 2.24) is 9.97 Å². The van der Waals surface area contributed by atoms with Gasteiger partial charge in [-0.1, -0.05) is 30.3 Å².